The van der Waals surface area contributed by atoms with Gasteiger partial charge in [-0.05, 0) is 76.3 Å². The van der Waals surface area contributed by atoms with Crippen LogP contribution >= 0.6 is 0 Å². The average molecular weight is 525 g/mol. The van der Waals surface area contributed by atoms with Gasteiger partial charge < -0.3 is 15.0 Å². The van der Waals surface area contributed by atoms with Crippen LogP contribution < -0.4 is 5.32 Å². The number of carboxylic acid groups (broad SMARTS) is 1. The Balaban J connectivity index is 1.40. The predicted octanol–water partition coefficient (Wildman–Crippen LogP) is 7.70. The number of rotatable bonds is 7. The second-order valence-corrected chi connectivity index (χ2v) is 10.0. The van der Waals surface area contributed by atoms with E-state index in [4.69, 9.17) is 0 Å². The molecule has 0 saturated heterocycles. The zero-order valence-electron chi connectivity index (χ0n) is 22.0. The van der Waals surface area contributed by atoms with Gasteiger partial charge in [0.15, 0.2) is 0 Å². The molecular formula is C35H28N2O3. The van der Waals surface area contributed by atoms with Crippen LogP contribution in [0.1, 0.15) is 44.8 Å². The number of benzene rings is 5. The first kappa shape index (κ1) is 25.1. The van der Waals surface area contributed by atoms with Crippen molar-refractivity contribution in [3.63, 3.8) is 0 Å². The molecule has 0 saturated carbocycles. The third kappa shape index (κ3) is 4.85. The monoisotopic (exact) mass is 524 g/mol. The van der Waals surface area contributed by atoms with Crippen molar-refractivity contribution in [2.75, 3.05) is 0 Å². The van der Waals surface area contributed by atoms with Crippen molar-refractivity contribution in [1.82, 2.24) is 9.88 Å². The number of aromatic nitrogens is 1. The van der Waals surface area contributed by atoms with E-state index in [-0.39, 0.29) is 24.1 Å². The minimum atomic E-state index is -0.975. The third-order valence-corrected chi connectivity index (χ3v) is 7.49. The third-order valence-electron chi connectivity index (χ3n) is 7.49. The first-order valence-electron chi connectivity index (χ1n) is 13.3. The Bertz CT molecular complexity index is 1850. The van der Waals surface area contributed by atoms with Crippen LogP contribution in [-0.2, 0) is 6.54 Å². The molecule has 1 amide bonds. The van der Waals surface area contributed by atoms with Crippen molar-refractivity contribution in [3.8, 4) is 11.1 Å². The molecule has 1 heterocycles. The smallest absolute Gasteiger partial charge is 0.335 e. The Kier molecular flexibility index (Phi) is 6.62. The highest BCUT2D eigenvalue weighted by Crippen LogP contribution is 2.33. The van der Waals surface area contributed by atoms with E-state index in [0.29, 0.717) is 5.56 Å². The number of nitrogens with zero attached hydrogens (tertiary/aromatic N) is 1. The number of aromatic carboxylic acids is 1. The fourth-order valence-electron chi connectivity index (χ4n) is 5.27. The molecule has 6 aromatic rings. The maximum absolute atomic E-state index is 13.8. The highest BCUT2D eigenvalue weighted by atomic mass is 16.4. The van der Waals surface area contributed by atoms with E-state index < -0.39 is 5.97 Å². The lowest BCUT2D eigenvalue weighted by Gasteiger charge is -2.19. The zero-order chi connectivity index (χ0) is 27.6. The summed E-state index contributed by atoms with van der Waals surface area (Å²) in [5.74, 6) is -1.16. The first-order chi connectivity index (χ1) is 19.5. The maximum atomic E-state index is 13.8. The minimum Gasteiger partial charge on any atom is -0.478 e. The molecule has 0 fully saturated rings. The highest BCUT2D eigenvalue weighted by Gasteiger charge is 2.19. The first-order valence-corrected chi connectivity index (χ1v) is 13.3. The van der Waals surface area contributed by atoms with Gasteiger partial charge in [-0.1, -0.05) is 78.9 Å². The van der Waals surface area contributed by atoms with Gasteiger partial charge in [0, 0.05) is 18.1 Å². The van der Waals surface area contributed by atoms with Gasteiger partial charge in [0.25, 0.3) is 5.91 Å². The number of hydrogen-bond acceptors (Lipinski definition) is 2. The molecule has 2 N–H and O–H groups in total. The van der Waals surface area contributed by atoms with Crippen molar-refractivity contribution in [2.24, 2.45) is 0 Å². The summed E-state index contributed by atoms with van der Waals surface area (Å²) in [5.41, 5.74) is 5.68. The second kappa shape index (κ2) is 10.5. The number of amides is 1. The molecule has 0 unspecified atom stereocenters. The van der Waals surface area contributed by atoms with Crippen LogP contribution in [0.15, 0.2) is 121 Å². The van der Waals surface area contributed by atoms with Gasteiger partial charge >= 0.3 is 5.97 Å². The van der Waals surface area contributed by atoms with Crippen LogP contribution in [0, 0.1) is 0 Å². The molecule has 6 rings (SSSR count). The van der Waals surface area contributed by atoms with Crippen LogP contribution in [0.5, 0.6) is 0 Å². The van der Waals surface area contributed by atoms with Crippen LogP contribution in [0.2, 0.25) is 0 Å². The summed E-state index contributed by atoms with van der Waals surface area (Å²) in [7, 11) is 0. The average Bonchev–Trinajstić information content (AvgIpc) is 3.43. The predicted molar refractivity (Wildman–Crippen MR) is 160 cm³/mol. The highest BCUT2D eigenvalue weighted by molar-refractivity contribution is 6.08. The summed E-state index contributed by atoms with van der Waals surface area (Å²) < 4.78 is 2.17. The SMILES string of the molecule is C[C@H](c1ccc2ccccc2c1)n1ccc2cc(-c3ccccc3)cc(C(=O)NCc3ccc(C(=O)O)cc3)c21. The normalized spacial score (nSPS) is 11.9. The topological polar surface area (TPSA) is 71.3 Å². The molecule has 196 valence electrons. The van der Waals surface area contributed by atoms with E-state index in [9.17, 15) is 14.7 Å². The number of carboxylic acids is 1. The second-order valence-electron chi connectivity index (χ2n) is 10.0. The summed E-state index contributed by atoms with van der Waals surface area (Å²) >= 11 is 0. The zero-order valence-corrected chi connectivity index (χ0v) is 22.0. The summed E-state index contributed by atoms with van der Waals surface area (Å²) in [6.07, 6.45) is 2.06. The molecular weight excluding hydrogens is 496 g/mol. The summed E-state index contributed by atoms with van der Waals surface area (Å²) in [5, 5.41) is 15.6. The van der Waals surface area contributed by atoms with Gasteiger partial charge in [0.2, 0.25) is 0 Å². The number of fused-ring (bicyclic) bond motifs is 2. The van der Waals surface area contributed by atoms with Crippen molar-refractivity contribution in [1.29, 1.82) is 0 Å². The number of carbonyl (C=O) groups excluding carboxylic acids is 1. The lowest BCUT2D eigenvalue weighted by atomic mass is 9.99. The van der Waals surface area contributed by atoms with E-state index in [2.05, 4.69) is 65.5 Å². The molecule has 0 aliphatic carbocycles. The Hall–Kier alpha value is -5.16. The molecule has 5 nitrogen and oxygen atoms in total. The molecule has 1 aromatic heterocycles. The van der Waals surface area contributed by atoms with Gasteiger partial charge in [-0.15, -0.1) is 0 Å². The van der Waals surface area contributed by atoms with Gasteiger partial charge in [-0.25, -0.2) is 4.79 Å². The molecule has 0 spiro atoms. The number of carbonyl (C=O) groups is 2. The Morgan fingerprint density at radius 3 is 2.23 bits per heavy atom. The molecule has 40 heavy (non-hydrogen) atoms. The molecule has 0 radical (unpaired) electrons. The summed E-state index contributed by atoms with van der Waals surface area (Å²) in [6, 6.07) is 37.6. The van der Waals surface area contributed by atoms with Gasteiger partial charge in [-0.3, -0.25) is 4.79 Å². The van der Waals surface area contributed by atoms with Crippen LogP contribution in [-0.4, -0.2) is 21.6 Å². The maximum Gasteiger partial charge on any atom is 0.335 e. The van der Waals surface area contributed by atoms with E-state index in [1.807, 2.05) is 48.5 Å². The van der Waals surface area contributed by atoms with E-state index in [1.54, 1.807) is 24.3 Å². The van der Waals surface area contributed by atoms with Crippen molar-refractivity contribution >= 4 is 33.6 Å². The quantitative estimate of drug-likeness (QED) is 0.225. The van der Waals surface area contributed by atoms with Crippen molar-refractivity contribution < 1.29 is 14.7 Å². The molecule has 5 aromatic carbocycles. The fourth-order valence-corrected chi connectivity index (χ4v) is 5.27. The van der Waals surface area contributed by atoms with E-state index >= 15 is 0 Å². The fraction of sp³-hybridized carbons (Fsp3) is 0.0857. The molecule has 5 heteroatoms. The summed E-state index contributed by atoms with van der Waals surface area (Å²) in [4.78, 5) is 24.9. The van der Waals surface area contributed by atoms with E-state index in [1.165, 1.54) is 10.8 Å². The van der Waals surface area contributed by atoms with Crippen LogP contribution in [0.4, 0.5) is 0 Å². The number of hydrogen-bond donors (Lipinski definition) is 2. The molecule has 0 aliphatic rings. The van der Waals surface area contributed by atoms with Crippen molar-refractivity contribution in [3.05, 3.63) is 144 Å². The Labute approximate surface area is 232 Å². The Morgan fingerprint density at radius 1 is 0.750 bits per heavy atom. The van der Waals surface area contributed by atoms with E-state index in [0.717, 1.165) is 33.2 Å². The van der Waals surface area contributed by atoms with Gasteiger partial charge in [0.05, 0.1) is 22.7 Å². The largest absolute Gasteiger partial charge is 0.478 e. The lowest BCUT2D eigenvalue weighted by molar-refractivity contribution is 0.0696. The van der Waals surface area contributed by atoms with Crippen LogP contribution in [0.25, 0.3) is 32.8 Å². The van der Waals surface area contributed by atoms with Gasteiger partial charge in [-0.2, -0.15) is 0 Å². The number of nitrogens with one attached hydrogen (secondary N) is 1. The van der Waals surface area contributed by atoms with Gasteiger partial charge in [0.1, 0.15) is 0 Å². The standard InChI is InChI=1S/C35H28N2O3/c1-23(28-16-15-26-9-5-6-10-29(26)19-28)37-18-17-30-20-31(25-7-3-2-4-8-25)21-32(33(30)37)34(38)36-22-24-11-13-27(14-12-24)35(39)40/h2-21,23H,22H2,1H3,(H,36,38)(H,39,40)/t23-/m1/s1. The summed E-state index contributed by atoms with van der Waals surface area (Å²) in [6.45, 7) is 2.44. The lowest BCUT2D eigenvalue weighted by Crippen LogP contribution is -2.24. The molecule has 0 bridgehead atoms. The Morgan fingerprint density at radius 2 is 1.48 bits per heavy atom. The van der Waals surface area contributed by atoms with Crippen molar-refractivity contribution in [2.45, 2.75) is 19.5 Å². The molecule has 0 aliphatic heterocycles. The molecule has 1 atom stereocenters. The minimum absolute atomic E-state index is 0.000190. The van der Waals surface area contributed by atoms with Crippen LogP contribution in [0.3, 0.4) is 0 Å².